The molecule has 1 heterocycles. The molecule has 8 heteroatoms. The predicted octanol–water partition coefficient (Wildman–Crippen LogP) is 7.41. The largest absolute Gasteiger partial charge is 0.490 e. The summed E-state index contributed by atoms with van der Waals surface area (Å²) < 4.78 is 12.8. The van der Waals surface area contributed by atoms with Gasteiger partial charge in [-0.05, 0) is 89.9 Å². The molecule has 0 unspecified atom stereocenters. The van der Waals surface area contributed by atoms with Crippen molar-refractivity contribution in [3.8, 4) is 11.5 Å². The van der Waals surface area contributed by atoms with Crippen LogP contribution < -0.4 is 14.8 Å². The lowest BCUT2D eigenvalue weighted by Crippen LogP contribution is -2.44. The van der Waals surface area contributed by atoms with Gasteiger partial charge in [0, 0.05) is 53.5 Å². The van der Waals surface area contributed by atoms with Gasteiger partial charge in [0.25, 0.3) is 5.91 Å². The molecular weight excluding hydrogens is 655 g/mol. The van der Waals surface area contributed by atoms with Gasteiger partial charge in [-0.3, -0.25) is 14.4 Å². The molecule has 0 atom stereocenters. The van der Waals surface area contributed by atoms with Gasteiger partial charge in [-0.15, -0.1) is 0 Å². The van der Waals surface area contributed by atoms with Gasteiger partial charge in [-0.1, -0.05) is 45.9 Å². The molecule has 0 bridgehead atoms. The summed E-state index contributed by atoms with van der Waals surface area (Å²) in [7, 11) is 0. The van der Waals surface area contributed by atoms with Crippen LogP contribution in [0, 0.1) is 14.4 Å². The van der Waals surface area contributed by atoms with Crippen LogP contribution in [-0.4, -0.2) is 42.1 Å². The molecule has 0 saturated heterocycles. The van der Waals surface area contributed by atoms with E-state index in [-0.39, 0.29) is 34.9 Å². The van der Waals surface area contributed by atoms with Crippen LogP contribution in [0.25, 0.3) is 0 Å². The normalized spacial score (nSPS) is 19.7. The second-order valence-electron chi connectivity index (χ2n) is 13.2. The summed E-state index contributed by atoms with van der Waals surface area (Å²) in [5, 5.41) is 2.84. The number of hydrogen-bond acceptors (Lipinski definition) is 6. The van der Waals surface area contributed by atoms with Crippen molar-refractivity contribution in [1.82, 2.24) is 4.90 Å². The van der Waals surface area contributed by atoms with Crippen molar-refractivity contribution in [1.29, 1.82) is 0 Å². The van der Waals surface area contributed by atoms with Gasteiger partial charge < -0.3 is 19.7 Å². The number of allylic oxidation sites excluding steroid dienone is 4. The zero-order chi connectivity index (χ0) is 31.1. The Morgan fingerprint density at radius 2 is 1.49 bits per heavy atom. The highest BCUT2D eigenvalue weighted by molar-refractivity contribution is 14.1. The molecule has 43 heavy (non-hydrogen) atoms. The molecule has 1 N–H and O–H groups in total. The molecule has 5 rings (SSSR count). The fourth-order valence-electron chi connectivity index (χ4n) is 6.78. The summed E-state index contributed by atoms with van der Waals surface area (Å²) in [6, 6.07) is 13.1. The lowest BCUT2D eigenvalue weighted by molar-refractivity contribution is -0.120. The van der Waals surface area contributed by atoms with Gasteiger partial charge in [-0.25, -0.2) is 0 Å². The van der Waals surface area contributed by atoms with E-state index in [9.17, 15) is 14.4 Å². The fourth-order valence-corrected chi connectivity index (χ4v) is 7.56. The Balaban J connectivity index is 1.58. The molecule has 0 spiro atoms. The first-order valence-electron chi connectivity index (χ1n) is 15.1. The summed E-state index contributed by atoms with van der Waals surface area (Å²) in [6.07, 6.45) is 2.43. The van der Waals surface area contributed by atoms with Crippen LogP contribution in [0.1, 0.15) is 78.7 Å². The van der Waals surface area contributed by atoms with E-state index >= 15 is 0 Å². The maximum absolute atomic E-state index is 14.0. The fraction of sp³-hybridized carbons (Fsp3) is 0.457. The van der Waals surface area contributed by atoms with Crippen LogP contribution in [0.4, 0.5) is 5.69 Å². The molecule has 1 aliphatic heterocycles. The van der Waals surface area contributed by atoms with E-state index < -0.39 is 5.92 Å². The molecular formula is C35H41IN2O5. The third-order valence-electron chi connectivity index (χ3n) is 8.41. The lowest BCUT2D eigenvalue weighted by atomic mass is 9.63. The lowest BCUT2D eigenvalue weighted by Gasteiger charge is -2.49. The molecule has 0 radical (unpaired) electrons. The number of nitrogens with one attached hydrogen (secondary N) is 1. The van der Waals surface area contributed by atoms with Gasteiger partial charge in [0.1, 0.15) is 0 Å². The number of carbonyl (C=O) groups is 3. The van der Waals surface area contributed by atoms with Crippen molar-refractivity contribution in [2.45, 2.75) is 73.1 Å². The molecule has 0 saturated carbocycles. The topological polar surface area (TPSA) is 84.9 Å². The summed E-state index contributed by atoms with van der Waals surface area (Å²) in [4.78, 5) is 42.9. The quantitative estimate of drug-likeness (QED) is 0.290. The number of rotatable bonds is 8. The highest BCUT2D eigenvalue weighted by Crippen LogP contribution is 2.55. The minimum atomic E-state index is -0.469. The highest BCUT2D eigenvalue weighted by Gasteiger charge is 2.48. The van der Waals surface area contributed by atoms with E-state index in [4.69, 9.17) is 9.47 Å². The van der Waals surface area contributed by atoms with Crippen LogP contribution >= 0.6 is 22.6 Å². The average molecular weight is 697 g/mol. The molecule has 2 aliphatic carbocycles. The number of hydrogen-bond donors (Lipinski definition) is 1. The number of para-hydroxylation sites is 1. The predicted molar refractivity (Wildman–Crippen MR) is 176 cm³/mol. The van der Waals surface area contributed by atoms with Crippen LogP contribution in [0.2, 0.25) is 0 Å². The maximum atomic E-state index is 14.0. The number of carbonyl (C=O) groups excluding carboxylic acids is 3. The number of benzene rings is 2. The van der Waals surface area contributed by atoms with E-state index in [2.05, 4.69) is 67.4 Å². The van der Waals surface area contributed by atoms with Gasteiger partial charge in [0.05, 0.1) is 10.2 Å². The molecule has 0 aromatic heterocycles. The minimum Gasteiger partial charge on any atom is -0.490 e. The summed E-state index contributed by atoms with van der Waals surface area (Å²) in [6.45, 7) is 13.5. The summed E-state index contributed by atoms with van der Waals surface area (Å²) in [5.41, 5.74) is 4.77. The monoisotopic (exact) mass is 696 g/mol. The maximum Gasteiger partial charge on any atom is 0.262 e. The number of nitrogens with zero attached hydrogens (tertiary/aromatic N) is 1. The Hall–Kier alpha value is -3.14. The molecule has 7 nitrogen and oxygen atoms in total. The molecule has 2 aromatic carbocycles. The summed E-state index contributed by atoms with van der Waals surface area (Å²) in [5.74, 6) is 0.413. The second kappa shape index (κ2) is 12.1. The highest BCUT2D eigenvalue weighted by atomic mass is 127. The van der Waals surface area contributed by atoms with Crippen LogP contribution in [0.5, 0.6) is 11.5 Å². The third-order valence-corrected chi connectivity index (χ3v) is 9.21. The van der Waals surface area contributed by atoms with Crippen molar-refractivity contribution in [2.24, 2.45) is 10.8 Å². The van der Waals surface area contributed by atoms with Crippen molar-refractivity contribution in [2.75, 3.05) is 25.1 Å². The van der Waals surface area contributed by atoms with Crippen molar-refractivity contribution in [3.05, 3.63) is 74.1 Å². The van der Waals surface area contributed by atoms with Gasteiger partial charge >= 0.3 is 0 Å². The minimum absolute atomic E-state index is 0.102. The van der Waals surface area contributed by atoms with Crippen molar-refractivity contribution in [3.63, 3.8) is 0 Å². The van der Waals surface area contributed by atoms with Gasteiger partial charge in [0.15, 0.2) is 29.7 Å². The molecule has 0 fully saturated rings. The Labute approximate surface area is 268 Å². The van der Waals surface area contributed by atoms with E-state index in [0.717, 1.165) is 44.5 Å². The standard InChI is InChI=1S/C35H41IN2O5/c1-7-38-24-16-34(3,4)18-26(39)31(24)30(32-25(38)17-35(5,6)19-27(32)40)21-14-23(36)33(28(15-21)42-8-2)43-20-29(41)37-22-12-10-9-11-13-22/h9-15,30H,7-8,16-20H2,1-6H3,(H,37,41). The molecule has 3 aliphatic rings. The summed E-state index contributed by atoms with van der Waals surface area (Å²) >= 11 is 2.20. The van der Waals surface area contributed by atoms with Gasteiger partial charge in [0.2, 0.25) is 0 Å². The van der Waals surface area contributed by atoms with E-state index in [1.165, 1.54) is 0 Å². The third kappa shape index (κ3) is 6.40. The Morgan fingerprint density at radius 1 is 0.907 bits per heavy atom. The van der Waals surface area contributed by atoms with Crippen LogP contribution in [0.3, 0.4) is 0 Å². The number of anilines is 1. The first kappa shape index (κ1) is 31.3. The first-order valence-corrected chi connectivity index (χ1v) is 16.2. The van der Waals surface area contributed by atoms with Crippen molar-refractivity contribution < 1.29 is 23.9 Å². The number of ether oxygens (including phenoxy) is 2. The average Bonchev–Trinajstić information content (AvgIpc) is 2.91. The van der Waals surface area contributed by atoms with Crippen LogP contribution in [0.15, 0.2) is 65.0 Å². The number of ketones is 2. The SMILES string of the molecule is CCOc1cc(C2C3=C(CC(C)(C)CC3=O)N(CC)C3=C2C(=O)CC(C)(C)C3)cc(I)c1OCC(=O)Nc1ccccc1. The Morgan fingerprint density at radius 3 is 2.02 bits per heavy atom. The zero-order valence-electron chi connectivity index (χ0n) is 25.9. The smallest absolute Gasteiger partial charge is 0.262 e. The molecule has 228 valence electrons. The Kier molecular flexibility index (Phi) is 8.80. The zero-order valence-corrected chi connectivity index (χ0v) is 28.1. The van der Waals surface area contributed by atoms with Gasteiger partial charge in [-0.2, -0.15) is 0 Å². The number of amides is 1. The van der Waals surface area contributed by atoms with E-state index in [1.807, 2.05) is 49.4 Å². The number of Topliss-reactive ketones (excluding diaryl/α,β-unsaturated/α-hetero) is 2. The van der Waals surface area contributed by atoms with E-state index in [1.54, 1.807) is 0 Å². The number of halogens is 1. The molecule has 2 aromatic rings. The molecule has 1 amide bonds. The first-order chi connectivity index (χ1) is 20.3. The van der Waals surface area contributed by atoms with Crippen molar-refractivity contribution >= 4 is 45.8 Å². The van der Waals surface area contributed by atoms with Crippen LogP contribution in [-0.2, 0) is 14.4 Å². The Bertz CT molecular complexity index is 1470. The second-order valence-corrected chi connectivity index (χ2v) is 14.4. The van der Waals surface area contributed by atoms with E-state index in [0.29, 0.717) is 43.2 Å².